The third-order valence-electron chi connectivity index (χ3n) is 11.8. The van der Waals surface area contributed by atoms with Gasteiger partial charge in [0.05, 0.1) is 7.11 Å². The van der Waals surface area contributed by atoms with Crippen molar-refractivity contribution in [3.05, 3.63) is 29.8 Å². The van der Waals surface area contributed by atoms with Gasteiger partial charge in [0.15, 0.2) is 0 Å². The zero-order chi connectivity index (χ0) is 23.9. The average molecular weight is 465 g/mol. The highest BCUT2D eigenvalue weighted by atomic mass is 16.5. The van der Waals surface area contributed by atoms with Gasteiger partial charge in [-0.1, -0.05) is 45.7 Å². The van der Waals surface area contributed by atoms with Crippen LogP contribution < -0.4 is 4.74 Å². The summed E-state index contributed by atoms with van der Waals surface area (Å²) in [5, 5.41) is 0. The molecule has 0 aliphatic heterocycles. The quantitative estimate of drug-likeness (QED) is 0.406. The standard InChI is InChI=1S/C32H48O2/c1-22(8-12-25(33)21-23-9-13-26(34-4)14-10-23)28-16-17-29-27-15-11-24-7-5-6-19-31(24,2)30(27)18-20-32(28,29)3/h9-10,13-14,22,24,27-30H,5-8,11-12,15-21H2,1-4H3/t22-,24?,27+,28-,29+,30+,31+,32-/m1/s1. The van der Waals surface area contributed by atoms with Crippen LogP contribution in [0.2, 0.25) is 0 Å². The second-order valence-corrected chi connectivity index (χ2v) is 13.2. The summed E-state index contributed by atoms with van der Waals surface area (Å²) in [7, 11) is 1.68. The number of benzene rings is 1. The minimum absolute atomic E-state index is 0.393. The average Bonchev–Trinajstić information content (AvgIpc) is 3.20. The highest BCUT2D eigenvalue weighted by Crippen LogP contribution is 2.68. The number of ether oxygens (including phenoxy) is 1. The lowest BCUT2D eigenvalue weighted by molar-refractivity contribution is -0.120. The van der Waals surface area contributed by atoms with Crippen LogP contribution in [0.1, 0.15) is 103 Å². The molecule has 0 N–H and O–H groups in total. The number of Topliss-reactive ketones (excluding diaryl/α,β-unsaturated/α-hetero) is 1. The number of carbonyl (C=O) groups is 1. The van der Waals surface area contributed by atoms with E-state index in [1.165, 1.54) is 64.2 Å². The number of hydrogen-bond donors (Lipinski definition) is 0. The van der Waals surface area contributed by atoms with Gasteiger partial charge in [-0.3, -0.25) is 4.79 Å². The molecule has 1 aromatic carbocycles. The molecule has 4 fully saturated rings. The number of ketones is 1. The highest BCUT2D eigenvalue weighted by molar-refractivity contribution is 5.80. The van der Waals surface area contributed by atoms with E-state index in [9.17, 15) is 4.79 Å². The van der Waals surface area contributed by atoms with Gasteiger partial charge in [-0.25, -0.2) is 0 Å². The third-order valence-corrected chi connectivity index (χ3v) is 11.8. The van der Waals surface area contributed by atoms with Crippen LogP contribution in [-0.2, 0) is 11.2 Å². The number of methoxy groups -OCH3 is 1. The van der Waals surface area contributed by atoms with Gasteiger partial charge in [0.2, 0.25) is 0 Å². The van der Waals surface area contributed by atoms with Crippen LogP contribution in [-0.4, -0.2) is 12.9 Å². The summed E-state index contributed by atoms with van der Waals surface area (Å²) >= 11 is 0. The van der Waals surface area contributed by atoms with Gasteiger partial charge in [0.25, 0.3) is 0 Å². The van der Waals surface area contributed by atoms with Gasteiger partial charge >= 0.3 is 0 Å². The highest BCUT2D eigenvalue weighted by Gasteiger charge is 2.60. The minimum Gasteiger partial charge on any atom is -0.497 e. The Bertz CT molecular complexity index is 858. The summed E-state index contributed by atoms with van der Waals surface area (Å²) in [6.07, 6.45) is 17.1. The summed E-state index contributed by atoms with van der Waals surface area (Å²) in [4.78, 5) is 12.8. The van der Waals surface area contributed by atoms with Crippen molar-refractivity contribution in [2.45, 2.75) is 104 Å². The fraction of sp³-hybridized carbons (Fsp3) is 0.781. The Labute approximate surface area is 208 Å². The lowest BCUT2D eigenvalue weighted by Crippen LogP contribution is -2.53. The maximum Gasteiger partial charge on any atom is 0.137 e. The van der Waals surface area contributed by atoms with Crippen molar-refractivity contribution in [1.29, 1.82) is 0 Å². The first kappa shape index (κ1) is 24.4. The monoisotopic (exact) mass is 464 g/mol. The second-order valence-electron chi connectivity index (χ2n) is 13.2. The molecule has 4 aliphatic carbocycles. The van der Waals surface area contributed by atoms with Crippen LogP contribution in [0.4, 0.5) is 0 Å². The number of fused-ring (bicyclic) bond motifs is 5. The fourth-order valence-corrected chi connectivity index (χ4v) is 9.92. The largest absolute Gasteiger partial charge is 0.497 e. The van der Waals surface area contributed by atoms with Gasteiger partial charge in [0.1, 0.15) is 11.5 Å². The number of hydrogen-bond acceptors (Lipinski definition) is 2. The van der Waals surface area contributed by atoms with Gasteiger partial charge in [-0.2, -0.15) is 0 Å². The summed E-state index contributed by atoms with van der Waals surface area (Å²) in [5.74, 6) is 6.64. The molecule has 34 heavy (non-hydrogen) atoms. The topological polar surface area (TPSA) is 26.3 Å². The molecule has 8 atom stereocenters. The Hall–Kier alpha value is -1.31. The molecule has 188 valence electrons. The molecule has 0 aromatic heterocycles. The molecule has 0 saturated heterocycles. The maximum absolute atomic E-state index is 12.8. The molecular formula is C32H48O2. The molecular weight excluding hydrogens is 416 g/mol. The van der Waals surface area contributed by atoms with Crippen LogP contribution >= 0.6 is 0 Å². The van der Waals surface area contributed by atoms with E-state index < -0.39 is 0 Å². The Morgan fingerprint density at radius 1 is 0.941 bits per heavy atom. The van der Waals surface area contributed by atoms with Crippen molar-refractivity contribution in [3.8, 4) is 5.75 Å². The smallest absolute Gasteiger partial charge is 0.137 e. The molecule has 4 aliphatic rings. The summed E-state index contributed by atoms with van der Waals surface area (Å²) < 4.78 is 5.24. The molecule has 0 amide bonds. The van der Waals surface area contributed by atoms with Crippen molar-refractivity contribution in [3.63, 3.8) is 0 Å². The third kappa shape index (κ3) is 4.26. The van der Waals surface area contributed by atoms with Crippen molar-refractivity contribution in [2.75, 3.05) is 7.11 Å². The van der Waals surface area contributed by atoms with Crippen LogP contribution in [0.15, 0.2) is 24.3 Å². The Balaban J connectivity index is 1.19. The zero-order valence-electron chi connectivity index (χ0n) is 22.3. The van der Waals surface area contributed by atoms with Crippen LogP contribution in [0, 0.1) is 46.3 Å². The predicted molar refractivity (Wildman–Crippen MR) is 140 cm³/mol. The molecule has 0 bridgehead atoms. The second kappa shape index (κ2) is 9.62. The summed E-state index contributed by atoms with van der Waals surface area (Å²) in [6, 6.07) is 7.98. The first-order chi connectivity index (χ1) is 16.3. The normalized spacial score (nSPS) is 40.1. The molecule has 2 heteroatoms. The van der Waals surface area contributed by atoms with Crippen molar-refractivity contribution < 1.29 is 9.53 Å². The van der Waals surface area contributed by atoms with Crippen molar-refractivity contribution in [1.82, 2.24) is 0 Å². The molecule has 0 spiro atoms. The lowest BCUT2D eigenvalue weighted by atomic mass is 9.44. The Morgan fingerprint density at radius 2 is 1.71 bits per heavy atom. The van der Waals surface area contributed by atoms with E-state index in [2.05, 4.69) is 20.8 Å². The van der Waals surface area contributed by atoms with Crippen LogP contribution in [0.25, 0.3) is 0 Å². The molecule has 0 heterocycles. The van der Waals surface area contributed by atoms with Gasteiger partial charge in [-0.05, 0) is 122 Å². The van der Waals surface area contributed by atoms with E-state index in [1.54, 1.807) is 7.11 Å². The molecule has 0 radical (unpaired) electrons. The summed E-state index contributed by atoms with van der Waals surface area (Å²) in [6.45, 7) is 7.82. The predicted octanol–water partition coefficient (Wildman–Crippen LogP) is 8.27. The van der Waals surface area contributed by atoms with Gasteiger partial charge in [0, 0.05) is 12.8 Å². The number of rotatable bonds is 7. The van der Waals surface area contributed by atoms with E-state index in [1.807, 2.05) is 24.3 Å². The Kier molecular flexibility index (Phi) is 6.90. The lowest BCUT2D eigenvalue weighted by Gasteiger charge is -2.61. The summed E-state index contributed by atoms with van der Waals surface area (Å²) in [5.41, 5.74) is 2.26. The zero-order valence-corrected chi connectivity index (χ0v) is 22.3. The minimum atomic E-state index is 0.393. The van der Waals surface area contributed by atoms with Gasteiger partial charge < -0.3 is 4.74 Å². The first-order valence-electron chi connectivity index (χ1n) is 14.5. The van der Waals surface area contributed by atoms with E-state index in [0.717, 1.165) is 53.7 Å². The van der Waals surface area contributed by atoms with Crippen LogP contribution in [0.5, 0.6) is 5.75 Å². The molecule has 5 rings (SSSR count). The number of carbonyl (C=O) groups excluding carboxylic acids is 1. The maximum atomic E-state index is 12.8. The van der Waals surface area contributed by atoms with Crippen molar-refractivity contribution in [2.24, 2.45) is 46.3 Å². The van der Waals surface area contributed by atoms with E-state index >= 15 is 0 Å². The van der Waals surface area contributed by atoms with E-state index in [0.29, 0.717) is 29.0 Å². The molecule has 2 nitrogen and oxygen atoms in total. The SMILES string of the molecule is COc1ccc(CC(=O)CC[C@@H](C)[C@H]2CC[C@H]3[C@@H]4CCC5CCCC[C@]5(C)[C@H]4CC[C@]23C)cc1. The van der Waals surface area contributed by atoms with Crippen molar-refractivity contribution >= 4 is 5.78 Å². The molecule has 4 saturated carbocycles. The van der Waals surface area contributed by atoms with Gasteiger partial charge in [-0.15, -0.1) is 0 Å². The fourth-order valence-electron chi connectivity index (χ4n) is 9.92. The Morgan fingerprint density at radius 3 is 2.47 bits per heavy atom. The van der Waals surface area contributed by atoms with Crippen LogP contribution in [0.3, 0.4) is 0 Å². The van der Waals surface area contributed by atoms with E-state index in [4.69, 9.17) is 4.74 Å². The molecule has 1 unspecified atom stereocenters. The van der Waals surface area contributed by atoms with E-state index in [-0.39, 0.29) is 0 Å². The first-order valence-corrected chi connectivity index (χ1v) is 14.5. The molecule has 1 aromatic rings.